The molecular weight excluding hydrogens is 711 g/mol. The number of rotatable bonds is 30. The van der Waals surface area contributed by atoms with Gasteiger partial charge in [-0.2, -0.15) is 0 Å². The zero-order chi connectivity index (χ0) is 41.8. The predicted octanol–water partition coefficient (Wildman–Crippen LogP) is 15.3. The highest BCUT2D eigenvalue weighted by atomic mass is 16.7. The van der Waals surface area contributed by atoms with Crippen molar-refractivity contribution >= 4 is 0 Å². The Morgan fingerprint density at radius 1 is 0.759 bits per heavy atom. The summed E-state index contributed by atoms with van der Waals surface area (Å²) in [5.41, 5.74) is 2.64. The monoisotopic (exact) mass is 808 g/mol. The summed E-state index contributed by atoms with van der Waals surface area (Å²) < 4.78 is 20.0. The maximum absolute atomic E-state index is 6.94. The number of hydrogen-bond acceptors (Lipinski definition) is 4. The molecule has 0 aromatic heterocycles. The Bertz CT molecular complexity index is 1190. The largest absolute Gasteiger partial charge is 0.379 e. The van der Waals surface area contributed by atoms with Crippen molar-refractivity contribution in [1.82, 2.24) is 4.90 Å². The Hall–Kier alpha value is -0.940. The summed E-state index contributed by atoms with van der Waals surface area (Å²) in [7, 11) is 4.29. The fraction of sp³-hybridized carbons (Fsp3) is 0.889. The van der Waals surface area contributed by atoms with Crippen molar-refractivity contribution in [2.24, 2.45) is 46.3 Å². The van der Waals surface area contributed by atoms with Gasteiger partial charge in [-0.25, -0.2) is 0 Å². The highest BCUT2D eigenvalue weighted by Crippen LogP contribution is 2.67. The van der Waals surface area contributed by atoms with E-state index in [1.54, 1.807) is 5.57 Å². The second-order valence-corrected chi connectivity index (χ2v) is 21.2. The Kier molecular flexibility index (Phi) is 22.7. The van der Waals surface area contributed by atoms with Gasteiger partial charge in [-0.3, -0.25) is 0 Å². The Labute approximate surface area is 361 Å². The van der Waals surface area contributed by atoms with Crippen molar-refractivity contribution in [3.63, 3.8) is 0 Å². The van der Waals surface area contributed by atoms with E-state index in [1.165, 1.54) is 128 Å². The summed E-state index contributed by atoms with van der Waals surface area (Å²) >= 11 is 0. The summed E-state index contributed by atoms with van der Waals surface area (Å²) in [6.45, 7) is 19.7. The van der Waals surface area contributed by atoms with Crippen molar-refractivity contribution in [2.75, 3.05) is 33.9 Å². The summed E-state index contributed by atoms with van der Waals surface area (Å²) in [5, 5.41) is 0. The number of ether oxygens (including phenoxy) is 3. The first-order valence-corrected chi connectivity index (χ1v) is 25.5. The molecule has 4 heteroatoms. The molecule has 4 aliphatic carbocycles. The third kappa shape index (κ3) is 15.4. The van der Waals surface area contributed by atoms with Crippen molar-refractivity contribution in [2.45, 2.75) is 227 Å². The number of nitrogens with zero attached hydrogens (tertiary/aromatic N) is 1. The van der Waals surface area contributed by atoms with Crippen LogP contribution in [0.2, 0.25) is 0 Å². The Morgan fingerprint density at radius 3 is 2.19 bits per heavy atom. The van der Waals surface area contributed by atoms with Gasteiger partial charge in [-0.15, -0.1) is 0 Å². The molecule has 0 aromatic carbocycles. The van der Waals surface area contributed by atoms with Gasteiger partial charge in [-0.1, -0.05) is 149 Å². The molecule has 0 aromatic rings. The maximum atomic E-state index is 6.94. The van der Waals surface area contributed by atoms with Gasteiger partial charge >= 0.3 is 0 Å². The number of likely N-dealkylation sites (N-methyl/N-ethyl adjacent to an activating group) is 1. The van der Waals surface area contributed by atoms with Crippen LogP contribution >= 0.6 is 0 Å². The van der Waals surface area contributed by atoms with Crippen LogP contribution in [0.15, 0.2) is 36.0 Å². The fourth-order valence-electron chi connectivity index (χ4n) is 12.6. The van der Waals surface area contributed by atoms with Crippen LogP contribution in [-0.4, -0.2) is 57.3 Å². The second-order valence-electron chi connectivity index (χ2n) is 21.2. The van der Waals surface area contributed by atoms with Crippen LogP contribution in [-0.2, 0) is 14.2 Å². The van der Waals surface area contributed by atoms with Crippen LogP contribution in [0.5, 0.6) is 0 Å². The average Bonchev–Trinajstić information content (AvgIpc) is 3.54. The molecule has 0 amide bonds. The molecule has 4 aliphatic rings. The SMILES string of the molecule is CCCCCC=CCC=CCCCCCCCCOCC(CN(C)C)OC(CCC)OC1CC[C@@]2(C)C(=CCC3C2CC[C@@]2(C)C3CC[C@@H]2[C@H](C)CCCC(C)C)C1. The molecule has 3 fully saturated rings. The molecule has 6 unspecified atom stereocenters. The molecule has 0 radical (unpaired) electrons. The lowest BCUT2D eigenvalue weighted by Crippen LogP contribution is -2.51. The van der Waals surface area contributed by atoms with Gasteiger partial charge in [0, 0.05) is 13.2 Å². The van der Waals surface area contributed by atoms with Crippen molar-refractivity contribution in [3.05, 3.63) is 36.0 Å². The third-order valence-corrected chi connectivity index (χ3v) is 15.8. The molecule has 0 spiro atoms. The van der Waals surface area contributed by atoms with E-state index < -0.39 is 0 Å². The van der Waals surface area contributed by atoms with Gasteiger partial charge < -0.3 is 19.1 Å². The van der Waals surface area contributed by atoms with Gasteiger partial charge in [-0.05, 0) is 157 Å². The molecule has 0 saturated heterocycles. The fourth-order valence-corrected chi connectivity index (χ4v) is 12.6. The summed E-state index contributed by atoms with van der Waals surface area (Å²) in [5.74, 6) is 5.31. The zero-order valence-electron chi connectivity index (χ0n) is 40.1. The van der Waals surface area contributed by atoms with Gasteiger partial charge in [0.2, 0.25) is 0 Å². The van der Waals surface area contributed by atoms with Gasteiger partial charge in [0.05, 0.1) is 18.8 Å². The topological polar surface area (TPSA) is 30.9 Å². The molecule has 4 nitrogen and oxygen atoms in total. The summed E-state index contributed by atoms with van der Waals surface area (Å²) in [4.78, 5) is 2.24. The number of fused-ring (bicyclic) bond motifs is 5. The molecule has 3 saturated carbocycles. The number of allylic oxidation sites excluding steroid dienone is 5. The van der Waals surface area contributed by atoms with Gasteiger partial charge in [0.1, 0.15) is 0 Å². The molecule has 336 valence electrons. The zero-order valence-corrected chi connectivity index (χ0v) is 40.1. The standard InChI is InChI=1S/C54H97NO3/c1-10-12-13-14-15-16-17-18-19-20-21-22-23-24-25-26-39-56-42-47(41-55(8)9)58-52(28-11-2)57-46-35-37-53(6)45(40-46)31-32-48-50-34-33-49(44(5)30-27-29-43(3)4)54(50,7)38-36-51(48)53/h15-16,18-19,31,43-44,46-52H,10-14,17,20-30,32-42H2,1-9H3/t44-,46?,47?,48?,49-,50?,51?,52?,53+,54-/m1/s1. The Balaban J connectivity index is 1.16. The van der Waals surface area contributed by atoms with Crippen LogP contribution in [0.1, 0.15) is 209 Å². The minimum atomic E-state index is -0.153. The molecule has 4 rings (SSSR count). The highest BCUT2D eigenvalue weighted by molar-refractivity contribution is 5.25. The van der Waals surface area contributed by atoms with E-state index in [2.05, 4.69) is 97.8 Å². The van der Waals surface area contributed by atoms with Crippen LogP contribution < -0.4 is 0 Å². The van der Waals surface area contributed by atoms with Gasteiger partial charge in [0.15, 0.2) is 6.29 Å². The molecule has 0 heterocycles. The van der Waals surface area contributed by atoms with Crippen LogP contribution in [0.25, 0.3) is 0 Å². The predicted molar refractivity (Wildman–Crippen MR) is 250 cm³/mol. The lowest BCUT2D eigenvalue weighted by molar-refractivity contribution is -0.213. The molecular formula is C54H97NO3. The first-order chi connectivity index (χ1) is 28.0. The van der Waals surface area contributed by atoms with Gasteiger partial charge in [0.25, 0.3) is 0 Å². The van der Waals surface area contributed by atoms with Crippen LogP contribution in [0, 0.1) is 46.3 Å². The van der Waals surface area contributed by atoms with Crippen molar-refractivity contribution in [3.8, 4) is 0 Å². The molecule has 0 N–H and O–H groups in total. The molecule has 0 aliphatic heterocycles. The van der Waals surface area contributed by atoms with E-state index in [0.29, 0.717) is 17.4 Å². The first kappa shape index (κ1) is 49.7. The normalized spacial score (nSPS) is 30.2. The molecule has 0 bridgehead atoms. The smallest absolute Gasteiger partial charge is 0.158 e. The van der Waals surface area contributed by atoms with E-state index >= 15 is 0 Å². The Morgan fingerprint density at radius 2 is 1.48 bits per heavy atom. The molecule has 58 heavy (non-hydrogen) atoms. The quantitative estimate of drug-likeness (QED) is 0.0411. The van der Waals surface area contributed by atoms with E-state index in [9.17, 15) is 0 Å². The van der Waals surface area contributed by atoms with Crippen LogP contribution in [0.4, 0.5) is 0 Å². The summed E-state index contributed by atoms with van der Waals surface area (Å²) in [6.07, 6.45) is 44.5. The minimum Gasteiger partial charge on any atom is -0.379 e. The number of unbranched alkanes of at least 4 members (excludes halogenated alkanes) is 9. The lowest BCUT2D eigenvalue weighted by atomic mass is 9.47. The van der Waals surface area contributed by atoms with E-state index in [4.69, 9.17) is 14.2 Å². The average molecular weight is 808 g/mol. The number of hydrogen-bond donors (Lipinski definition) is 0. The first-order valence-electron chi connectivity index (χ1n) is 25.5. The van der Waals surface area contributed by atoms with Crippen LogP contribution in [0.3, 0.4) is 0 Å². The molecule has 10 atom stereocenters. The minimum absolute atomic E-state index is 0.0318. The van der Waals surface area contributed by atoms with E-state index in [-0.39, 0.29) is 18.5 Å². The van der Waals surface area contributed by atoms with Crippen molar-refractivity contribution in [1.29, 1.82) is 0 Å². The lowest BCUT2D eigenvalue weighted by Gasteiger charge is -2.58. The highest BCUT2D eigenvalue weighted by Gasteiger charge is 2.59. The van der Waals surface area contributed by atoms with E-state index in [0.717, 1.165) is 80.8 Å². The summed E-state index contributed by atoms with van der Waals surface area (Å²) in [6, 6.07) is 0. The third-order valence-electron chi connectivity index (χ3n) is 15.8. The van der Waals surface area contributed by atoms with Crippen molar-refractivity contribution < 1.29 is 14.2 Å². The van der Waals surface area contributed by atoms with E-state index in [1.807, 2.05) is 0 Å². The maximum Gasteiger partial charge on any atom is 0.158 e. The second kappa shape index (κ2) is 26.5.